The molecule has 1 atom stereocenters. The lowest BCUT2D eigenvalue weighted by Gasteiger charge is -2.14. The van der Waals surface area contributed by atoms with E-state index in [1.807, 2.05) is 24.3 Å². The van der Waals surface area contributed by atoms with Crippen LogP contribution in [0.5, 0.6) is 0 Å². The molecule has 0 amide bonds. The lowest BCUT2D eigenvalue weighted by Crippen LogP contribution is -1.99. The Balaban J connectivity index is 2.28. The molecule has 0 N–H and O–H groups in total. The molecular weight excluding hydrogens is 350 g/mol. The Morgan fingerprint density at radius 1 is 1.16 bits per heavy atom. The highest BCUT2D eigenvalue weighted by atomic mass is 79.9. The van der Waals surface area contributed by atoms with Crippen LogP contribution in [0.15, 0.2) is 36.4 Å². The third-order valence-corrected chi connectivity index (χ3v) is 4.49. The number of benzene rings is 2. The van der Waals surface area contributed by atoms with Gasteiger partial charge in [0.25, 0.3) is 0 Å². The fourth-order valence-electron chi connectivity index (χ4n) is 1.89. The van der Waals surface area contributed by atoms with Crippen molar-refractivity contribution in [1.29, 1.82) is 0 Å². The van der Waals surface area contributed by atoms with Gasteiger partial charge in [0.2, 0.25) is 0 Å². The van der Waals surface area contributed by atoms with Gasteiger partial charge in [0.1, 0.15) is 5.82 Å². The molecule has 0 saturated heterocycles. The molecule has 0 aliphatic heterocycles. The van der Waals surface area contributed by atoms with Gasteiger partial charge in [0, 0.05) is 14.9 Å². The fraction of sp³-hybridized carbons (Fsp3) is 0.200. The number of halogens is 4. The molecule has 0 bridgehead atoms. The molecule has 100 valence electrons. The van der Waals surface area contributed by atoms with Gasteiger partial charge < -0.3 is 0 Å². The van der Waals surface area contributed by atoms with Gasteiger partial charge in [-0.1, -0.05) is 63.4 Å². The molecule has 1 unspecified atom stereocenters. The van der Waals surface area contributed by atoms with Crippen molar-refractivity contribution < 1.29 is 4.39 Å². The van der Waals surface area contributed by atoms with Crippen molar-refractivity contribution >= 4 is 39.1 Å². The maximum absolute atomic E-state index is 13.4. The van der Waals surface area contributed by atoms with E-state index in [4.69, 9.17) is 23.2 Å². The van der Waals surface area contributed by atoms with Crippen molar-refractivity contribution in [3.63, 3.8) is 0 Å². The van der Waals surface area contributed by atoms with Crippen LogP contribution in [-0.4, -0.2) is 0 Å². The molecule has 2 aromatic carbocycles. The predicted molar refractivity (Wildman–Crippen MR) is 83.0 cm³/mol. The van der Waals surface area contributed by atoms with E-state index in [0.29, 0.717) is 17.0 Å². The largest absolute Gasteiger partial charge is 0.207 e. The summed E-state index contributed by atoms with van der Waals surface area (Å²) in [6.07, 6.45) is 0.699. The summed E-state index contributed by atoms with van der Waals surface area (Å²) in [6.45, 7) is 1.73. The Kier molecular flexibility index (Phi) is 4.88. The predicted octanol–water partition coefficient (Wildman–Crippen LogP) is 6.12. The molecule has 0 spiro atoms. The second kappa shape index (κ2) is 6.25. The highest BCUT2D eigenvalue weighted by molar-refractivity contribution is 9.09. The standard InChI is InChI=1S/C15H12BrCl2F/c1-9-6-11(14(18)8-15(9)19)12(16)7-10-4-2-3-5-13(10)17/h2-6,8,12H,7H2,1H3. The maximum atomic E-state index is 13.4. The zero-order valence-electron chi connectivity index (χ0n) is 10.3. The van der Waals surface area contributed by atoms with Crippen molar-refractivity contribution in [3.8, 4) is 0 Å². The lowest BCUT2D eigenvalue weighted by atomic mass is 10.0. The first-order valence-corrected chi connectivity index (χ1v) is 7.49. The highest BCUT2D eigenvalue weighted by Crippen LogP contribution is 2.35. The van der Waals surface area contributed by atoms with Crippen molar-refractivity contribution in [3.05, 3.63) is 69.0 Å². The Bertz CT molecular complexity index is 599. The minimum atomic E-state index is -0.286. The minimum Gasteiger partial charge on any atom is -0.207 e. The Labute approximate surface area is 130 Å². The van der Waals surface area contributed by atoms with Crippen LogP contribution in [0.1, 0.15) is 21.5 Å². The number of alkyl halides is 1. The molecule has 0 aromatic heterocycles. The Hall–Kier alpha value is -0.570. The molecular formula is C15H12BrCl2F. The van der Waals surface area contributed by atoms with E-state index in [1.54, 1.807) is 13.0 Å². The smallest absolute Gasteiger partial charge is 0.127 e. The third-order valence-electron chi connectivity index (χ3n) is 2.97. The van der Waals surface area contributed by atoms with Gasteiger partial charge in [-0.2, -0.15) is 0 Å². The summed E-state index contributed by atoms with van der Waals surface area (Å²) in [5, 5.41) is 1.15. The molecule has 0 radical (unpaired) electrons. The van der Waals surface area contributed by atoms with E-state index in [1.165, 1.54) is 6.07 Å². The SMILES string of the molecule is Cc1cc(C(Br)Cc2ccccc2Cl)c(Cl)cc1F. The molecule has 19 heavy (non-hydrogen) atoms. The summed E-state index contributed by atoms with van der Waals surface area (Å²) in [5.74, 6) is -0.286. The number of hydrogen-bond acceptors (Lipinski definition) is 0. The molecule has 0 heterocycles. The van der Waals surface area contributed by atoms with E-state index in [2.05, 4.69) is 15.9 Å². The van der Waals surface area contributed by atoms with Gasteiger partial charge in [-0.3, -0.25) is 0 Å². The second-order valence-electron chi connectivity index (χ2n) is 4.39. The van der Waals surface area contributed by atoms with Crippen LogP contribution < -0.4 is 0 Å². The Morgan fingerprint density at radius 2 is 1.84 bits per heavy atom. The van der Waals surface area contributed by atoms with Gasteiger partial charge in [-0.15, -0.1) is 0 Å². The van der Waals surface area contributed by atoms with Gasteiger partial charge in [-0.25, -0.2) is 4.39 Å². The third kappa shape index (κ3) is 3.50. The molecule has 0 fully saturated rings. The zero-order valence-corrected chi connectivity index (χ0v) is 13.4. The van der Waals surface area contributed by atoms with Crippen LogP contribution in [0.4, 0.5) is 4.39 Å². The molecule has 4 heteroatoms. The molecule has 0 saturated carbocycles. The average molecular weight is 362 g/mol. The first-order valence-electron chi connectivity index (χ1n) is 5.82. The Morgan fingerprint density at radius 3 is 2.53 bits per heavy atom. The van der Waals surface area contributed by atoms with Gasteiger partial charge >= 0.3 is 0 Å². The quantitative estimate of drug-likeness (QED) is 0.577. The summed E-state index contributed by atoms with van der Waals surface area (Å²) >= 11 is 15.8. The summed E-state index contributed by atoms with van der Waals surface area (Å²) < 4.78 is 13.4. The number of aryl methyl sites for hydroxylation is 1. The van der Waals surface area contributed by atoms with E-state index in [9.17, 15) is 4.39 Å². The van der Waals surface area contributed by atoms with Crippen LogP contribution in [0.2, 0.25) is 10.0 Å². The summed E-state index contributed by atoms with van der Waals surface area (Å²) in [4.78, 5) is -0.000741. The van der Waals surface area contributed by atoms with Crippen molar-refractivity contribution in [2.75, 3.05) is 0 Å². The van der Waals surface area contributed by atoms with Crippen LogP contribution in [0.25, 0.3) is 0 Å². The van der Waals surface area contributed by atoms with Gasteiger partial charge in [0.15, 0.2) is 0 Å². The number of hydrogen-bond donors (Lipinski definition) is 0. The van der Waals surface area contributed by atoms with E-state index in [-0.39, 0.29) is 10.6 Å². The normalized spacial score (nSPS) is 12.5. The topological polar surface area (TPSA) is 0 Å². The molecule has 0 nitrogen and oxygen atoms in total. The van der Waals surface area contributed by atoms with Gasteiger partial charge in [0.05, 0.1) is 0 Å². The van der Waals surface area contributed by atoms with E-state index in [0.717, 1.165) is 16.1 Å². The van der Waals surface area contributed by atoms with Crippen LogP contribution in [-0.2, 0) is 6.42 Å². The van der Waals surface area contributed by atoms with Crippen molar-refractivity contribution in [2.24, 2.45) is 0 Å². The second-order valence-corrected chi connectivity index (χ2v) is 6.31. The molecule has 2 aromatic rings. The highest BCUT2D eigenvalue weighted by Gasteiger charge is 2.15. The van der Waals surface area contributed by atoms with Crippen LogP contribution in [0, 0.1) is 12.7 Å². The summed E-state index contributed by atoms with van der Waals surface area (Å²) in [5.41, 5.74) is 2.49. The first kappa shape index (κ1) is 14.8. The minimum absolute atomic E-state index is 0.000741. The summed E-state index contributed by atoms with van der Waals surface area (Å²) in [7, 11) is 0. The molecule has 0 aliphatic rings. The molecule has 0 aliphatic carbocycles. The van der Waals surface area contributed by atoms with Crippen LogP contribution in [0.3, 0.4) is 0 Å². The number of rotatable bonds is 3. The molecule has 2 rings (SSSR count). The summed E-state index contributed by atoms with van der Waals surface area (Å²) in [6, 6.07) is 10.8. The van der Waals surface area contributed by atoms with Crippen molar-refractivity contribution in [1.82, 2.24) is 0 Å². The van der Waals surface area contributed by atoms with Crippen molar-refractivity contribution in [2.45, 2.75) is 18.2 Å². The van der Waals surface area contributed by atoms with E-state index < -0.39 is 0 Å². The fourth-order valence-corrected chi connectivity index (χ4v) is 3.24. The average Bonchev–Trinajstić information content (AvgIpc) is 2.36. The maximum Gasteiger partial charge on any atom is 0.127 e. The monoisotopic (exact) mass is 360 g/mol. The zero-order chi connectivity index (χ0) is 14.0. The van der Waals surface area contributed by atoms with Crippen LogP contribution >= 0.6 is 39.1 Å². The first-order chi connectivity index (χ1) is 8.99. The van der Waals surface area contributed by atoms with E-state index >= 15 is 0 Å². The lowest BCUT2D eigenvalue weighted by molar-refractivity contribution is 0.617. The van der Waals surface area contributed by atoms with Gasteiger partial charge in [-0.05, 0) is 42.2 Å².